The second kappa shape index (κ2) is 6.79. The van der Waals surface area contributed by atoms with Crippen LogP contribution in [-0.2, 0) is 16.1 Å². The number of fused-ring (bicyclic) bond motifs is 2. The lowest BCUT2D eigenvalue weighted by atomic mass is 10.1. The lowest BCUT2D eigenvalue weighted by Gasteiger charge is -2.35. The van der Waals surface area contributed by atoms with Gasteiger partial charge in [-0.2, -0.15) is 0 Å². The molecule has 3 aliphatic rings. The number of amides is 2. The molecule has 1 aromatic carbocycles. The summed E-state index contributed by atoms with van der Waals surface area (Å²) >= 11 is 0. The van der Waals surface area contributed by atoms with Crippen molar-refractivity contribution in [3.63, 3.8) is 0 Å². The van der Waals surface area contributed by atoms with Crippen molar-refractivity contribution in [1.29, 1.82) is 0 Å². The molecule has 4 rings (SSSR count). The molecule has 0 spiro atoms. The van der Waals surface area contributed by atoms with Gasteiger partial charge in [0.1, 0.15) is 6.04 Å². The van der Waals surface area contributed by atoms with Gasteiger partial charge in [0.25, 0.3) is 0 Å². The summed E-state index contributed by atoms with van der Waals surface area (Å²) in [6.45, 7) is 5.37. The first-order valence-electron chi connectivity index (χ1n) is 9.58. The summed E-state index contributed by atoms with van der Waals surface area (Å²) in [5, 5.41) is 0. The number of hydrogen-bond acceptors (Lipinski definition) is 3. The molecule has 2 saturated heterocycles. The van der Waals surface area contributed by atoms with E-state index >= 15 is 0 Å². The number of rotatable bonds is 2. The second-order valence-corrected chi connectivity index (χ2v) is 7.56. The van der Waals surface area contributed by atoms with Gasteiger partial charge in [-0.1, -0.05) is 18.2 Å². The Balaban J connectivity index is 1.63. The van der Waals surface area contributed by atoms with E-state index in [1.165, 1.54) is 12.0 Å². The van der Waals surface area contributed by atoms with E-state index in [0.29, 0.717) is 19.0 Å². The molecule has 0 N–H and O–H groups in total. The molecule has 0 unspecified atom stereocenters. The van der Waals surface area contributed by atoms with Gasteiger partial charge in [-0.15, -0.1) is 0 Å². The van der Waals surface area contributed by atoms with Crippen molar-refractivity contribution in [2.24, 2.45) is 0 Å². The van der Waals surface area contributed by atoms with Crippen LogP contribution >= 0.6 is 0 Å². The van der Waals surface area contributed by atoms with Crippen LogP contribution in [0.3, 0.4) is 0 Å². The first kappa shape index (κ1) is 16.6. The zero-order valence-corrected chi connectivity index (χ0v) is 15.0. The van der Waals surface area contributed by atoms with E-state index in [2.05, 4.69) is 23.1 Å². The average molecular weight is 341 g/mol. The molecule has 0 bridgehead atoms. The van der Waals surface area contributed by atoms with Crippen molar-refractivity contribution < 1.29 is 9.59 Å². The minimum absolute atomic E-state index is 0.0662. The van der Waals surface area contributed by atoms with Crippen LogP contribution in [0.5, 0.6) is 0 Å². The molecular formula is C20H27N3O2. The van der Waals surface area contributed by atoms with Gasteiger partial charge in [0, 0.05) is 37.8 Å². The number of benzene rings is 1. The van der Waals surface area contributed by atoms with Gasteiger partial charge in [-0.05, 0) is 50.8 Å². The van der Waals surface area contributed by atoms with Gasteiger partial charge < -0.3 is 9.80 Å². The topological polar surface area (TPSA) is 43.9 Å². The highest BCUT2D eigenvalue weighted by atomic mass is 16.2. The van der Waals surface area contributed by atoms with Crippen molar-refractivity contribution in [2.45, 2.75) is 57.7 Å². The third-order valence-corrected chi connectivity index (χ3v) is 6.00. The van der Waals surface area contributed by atoms with Gasteiger partial charge in [0.2, 0.25) is 11.8 Å². The Bertz CT molecular complexity index is 675. The van der Waals surface area contributed by atoms with Crippen LogP contribution in [0, 0.1) is 0 Å². The number of piperidine rings is 1. The Labute approximate surface area is 149 Å². The first-order valence-corrected chi connectivity index (χ1v) is 9.58. The van der Waals surface area contributed by atoms with Crippen LogP contribution < -0.4 is 4.90 Å². The molecule has 25 heavy (non-hydrogen) atoms. The summed E-state index contributed by atoms with van der Waals surface area (Å²) in [7, 11) is 0. The van der Waals surface area contributed by atoms with E-state index in [-0.39, 0.29) is 17.9 Å². The monoisotopic (exact) mass is 341 g/mol. The molecular weight excluding hydrogens is 314 g/mol. The summed E-state index contributed by atoms with van der Waals surface area (Å²) < 4.78 is 0. The number of carbonyl (C=O) groups is 2. The minimum atomic E-state index is -0.381. The van der Waals surface area contributed by atoms with Gasteiger partial charge in [-0.25, -0.2) is 0 Å². The number of hydrogen-bond donors (Lipinski definition) is 0. The highest BCUT2D eigenvalue weighted by Gasteiger charge is 2.37. The Morgan fingerprint density at radius 2 is 2.00 bits per heavy atom. The van der Waals surface area contributed by atoms with Crippen molar-refractivity contribution in [2.75, 3.05) is 24.5 Å². The number of nitrogens with zero attached hydrogens (tertiary/aromatic N) is 3. The predicted molar refractivity (Wildman–Crippen MR) is 97.3 cm³/mol. The highest BCUT2D eigenvalue weighted by Crippen LogP contribution is 2.32. The number of likely N-dealkylation sites (tertiary alicyclic amines) is 1. The molecule has 0 radical (unpaired) electrons. The predicted octanol–water partition coefficient (Wildman–Crippen LogP) is 2.40. The third-order valence-electron chi connectivity index (χ3n) is 6.00. The number of para-hydroxylation sites is 1. The van der Waals surface area contributed by atoms with Crippen LogP contribution in [-0.4, -0.2) is 53.3 Å². The lowest BCUT2D eigenvalue weighted by Crippen LogP contribution is -2.52. The molecule has 0 aliphatic carbocycles. The summed E-state index contributed by atoms with van der Waals surface area (Å²) in [5.74, 6) is 0.189. The zero-order valence-electron chi connectivity index (χ0n) is 15.0. The molecule has 1 aromatic rings. The summed E-state index contributed by atoms with van der Waals surface area (Å²) in [6, 6.07) is 8.30. The first-order chi connectivity index (χ1) is 12.1. The SMILES string of the molecule is C[C@H](C(=O)N1C[C@H]2CCCN2Cc2ccccc21)N1CCCCC1=O. The standard InChI is InChI=1S/C20H27N3O2/c1-15(22-12-5-4-10-19(22)24)20(25)23-14-17-8-6-11-21(17)13-16-7-2-3-9-18(16)23/h2-3,7,9,15,17H,4-6,8,10-14H2,1H3/t15-,17-/m1/s1. The third kappa shape index (κ3) is 3.06. The molecule has 5 nitrogen and oxygen atoms in total. The van der Waals surface area contributed by atoms with E-state index < -0.39 is 0 Å². The maximum atomic E-state index is 13.4. The molecule has 5 heteroatoms. The molecule has 0 aromatic heterocycles. The van der Waals surface area contributed by atoms with Gasteiger partial charge in [0.15, 0.2) is 0 Å². The maximum absolute atomic E-state index is 13.4. The average Bonchev–Trinajstić information content (AvgIpc) is 3.00. The van der Waals surface area contributed by atoms with Crippen molar-refractivity contribution in [3.8, 4) is 0 Å². The van der Waals surface area contributed by atoms with E-state index in [9.17, 15) is 9.59 Å². The van der Waals surface area contributed by atoms with E-state index in [4.69, 9.17) is 0 Å². The largest absolute Gasteiger partial charge is 0.331 e. The van der Waals surface area contributed by atoms with Crippen LogP contribution in [0.2, 0.25) is 0 Å². The molecule has 2 amide bonds. The number of anilines is 1. The van der Waals surface area contributed by atoms with Gasteiger partial charge >= 0.3 is 0 Å². The maximum Gasteiger partial charge on any atom is 0.249 e. The van der Waals surface area contributed by atoms with E-state index in [0.717, 1.165) is 44.6 Å². The Kier molecular flexibility index (Phi) is 4.50. The Morgan fingerprint density at radius 3 is 2.84 bits per heavy atom. The van der Waals surface area contributed by atoms with Crippen molar-refractivity contribution >= 4 is 17.5 Å². The Morgan fingerprint density at radius 1 is 1.16 bits per heavy atom. The van der Waals surface area contributed by atoms with Gasteiger partial charge in [-0.3, -0.25) is 14.5 Å². The van der Waals surface area contributed by atoms with Crippen LogP contribution in [0.1, 0.15) is 44.6 Å². The normalized spacial score (nSPS) is 25.3. The minimum Gasteiger partial charge on any atom is -0.331 e. The molecule has 2 fully saturated rings. The molecule has 0 saturated carbocycles. The fourth-order valence-electron chi connectivity index (χ4n) is 4.55. The molecule has 2 atom stereocenters. The number of carbonyl (C=O) groups excluding carboxylic acids is 2. The van der Waals surface area contributed by atoms with E-state index in [1.54, 1.807) is 4.90 Å². The summed E-state index contributed by atoms with van der Waals surface area (Å²) in [5.41, 5.74) is 2.25. The fraction of sp³-hybridized carbons (Fsp3) is 0.600. The summed E-state index contributed by atoms with van der Waals surface area (Å²) in [4.78, 5) is 31.9. The van der Waals surface area contributed by atoms with Crippen LogP contribution in [0.4, 0.5) is 5.69 Å². The smallest absolute Gasteiger partial charge is 0.249 e. The zero-order chi connectivity index (χ0) is 17.4. The highest BCUT2D eigenvalue weighted by molar-refractivity contribution is 5.99. The Hall–Kier alpha value is -1.88. The molecule has 3 heterocycles. The molecule has 3 aliphatic heterocycles. The summed E-state index contributed by atoms with van der Waals surface area (Å²) in [6.07, 6.45) is 4.87. The van der Waals surface area contributed by atoms with Crippen molar-refractivity contribution in [3.05, 3.63) is 29.8 Å². The fourth-order valence-corrected chi connectivity index (χ4v) is 4.55. The van der Waals surface area contributed by atoms with Crippen LogP contribution in [0.25, 0.3) is 0 Å². The second-order valence-electron chi connectivity index (χ2n) is 7.56. The van der Waals surface area contributed by atoms with Crippen LogP contribution in [0.15, 0.2) is 24.3 Å². The molecule has 134 valence electrons. The van der Waals surface area contributed by atoms with Gasteiger partial charge in [0.05, 0.1) is 0 Å². The lowest BCUT2D eigenvalue weighted by molar-refractivity contribution is -0.140. The van der Waals surface area contributed by atoms with Crippen molar-refractivity contribution in [1.82, 2.24) is 9.80 Å². The quantitative estimate of drug-likeness (QED) is 0.830. The van der Waals surface area contributed by atoms with E-state index in [1.807, 2.05) is 17.9 Å².